The summed E-state index contributed by atoms with van der Waals surface area (Å²) >= 11 is 11.5. The number of carbonyl (C=O) groups is 1. The number of carboxylic acids is 1. The van der Waals surface area contributed by atoms with Crippen molar-refractivity contribution < 1.29 is 22.7 Å². The van der Waals surface area contributed by atoms with Crippen LogP contribution in [-0.2, 0) is 10.0 Å². The molecule has 1 aromatic heterocycles. The molecule has 6 nitrogen and oxygen atoms in total. The average Bonchev–Trinajstić information content (AvgIpc) is 2.84. The van der Waals surface area contributed by atoms with Gasteiger partial charge in [0.05, 0.1) is 15.7 Å². The quantitative estimate of drug-likeness (QED) is 0.894. The number of benzene rings is 1. The Bertz CT molecular complexity index is 769. The van der Waals surface area contributed by atoms with Crippen LogP contribution >= 0.6 is 23.2 Å². The number of anilines is 1. The molecule has 0 saturated carbocycles. The van der Waals surface area contributed by atoms with Crippen LogP contribution in [0.25, 0.3) is 0 Å². The zero-order valence-electron chi connectivity index (χ0n) is 9.63. The first-order valence-electron chi connectivity index (χ1n) is 5.10. The summed E-state index contributed by atoms with van der Waals surface area (Å²) < 4.78 is 30.8. The third kappa shape index (κ3) is 3.06. The van der Waals surface area contributed by atoms with E-state index in [1.54, 1.807) is 0 Å². The van der Waals surface area contributed by atoms with E-state index in [0.717, 1.165) is 12.1 Å². The minimum Gasteiger partial charge on any atom is -0.475 e. The summed E-state index contributed by atoms with van der Waals surface area (Å²) in [6.07, 6.45) is 0. The maximum absolute atomic E-state index is 12.0. The number of furan rings is 1. The second-order valence-corrected chi connectivity index (χ2v) is 6.09. The van der Waals surface area contributed by atoms with Crippen LogP contribution in [0.1, 0.15) is 10.6 Å². The highest BCUT2D eigenvalue weighted by atomic mass is 35.5. The minimum absolute atomic E-state index is 0.174. The fourth-order valence-electron chi connectivity index (χ4n) is 1.34. The highest BCUT2D eigenvalue weighted by Gasteiger charge is 2.21. The van der Waals surface area contributed by atoms with Crippen LogP contribution in [0.4, 0.5) is 5.69 Å². The largest absolute Gasteiger partial charge is 0.475 e. The van der Waals surface area contributed by atoms with Gasteiger partial charge in [0.2, 0.25) is 10.9 Å². The molecule has 9 heteroatoms. The van der Waals surface area contributed by atoms with Crippen LogP contribution in [0.5, 0.6) is 0 Å². The van der Waals surface area contributed by atoms with Gasteiger partial charge in [-0.2, -0.15) is 8.42 Å². The Morgan fingerprint density at radius 3 is 2.40 bits per heavy atom. The van der Waals surface area contributed by atoms with E-state index in [0.29, 0.717) is 0 Å². The lowest BCUT2D eigenvalue weighted by molar-refractivity contribution is 0.0656. The Kier molecular flexibility index (Phi) is 3.94. The molecule has 0 saturated heterocycles. The standard InChI is InChI=1S/C11H7Cl2NO5S/c12-7-2-1-6(5-8(7)13)14-20(17,18)10-4-3-9(19-10)11(15)16/h1-5,14H,(H,15,16). The van der Waals surface area contributed by atoms with Crippen molar-refractivity contribution in [3.8, 4) is 0 Å². The number of rotatable bonds is 4. The molecule has 0 aliphatic carbocycles. The number of hydrogen-bond acceptors (Lipinski definition) is 4. The van der Waals surface area contributed by atoms with E-state index in [4.69, 9.17) is 32.7 Å². The van der Waals surface area contributed by atoms with Gasteiger partial charge in [-0.1, -0.05) is 23.2 Å². The van der Waals surface area contributed by atoms with Gasteiger partial charge in [-0.05, 0) is 30.3 Å². The molecule has 1 heterocycles. The Balaban J connectivity index is 2.30. The third-order valence-corrected chi connectivity index (χ3v) is 4.22. The van der Waals surface area contributed by atoms with E-state index >= 15 is 0 Å². The van der Waals surface area contributed by atoms with Gasteiger partial charge in [0.15, 0.2) is 0 Å². The molecule has 2 N–H and O–H groups in total. The summed E-state index contributed by atoms with van der Waals surface area (Å²) in [4.78, 5) is 10.6. The predicted molar refractivity (Wildman–Crippen MR) is 72.9 cm³/mol. The van der Waals surface area contributed by atoms with Gasteiger partial charge in [0.25, 0.3) is 10.0 Å². The lowest BCUT2D eigenvalue weighted by Gasteiger charge is -2.06. The van der Waals surface area contributed by atoms with Crippen molar-refractivity contribution >= 4 is 44.9 Å². The summed E-state index contributed by atoms with van der Waals surface area (Å²) in [5, 5.41) is 8.62. The van der Waals surface area contributed by atoms with Gasteiger partial charge in [-0.25, -0.2) is 4.79 Å². The van der Waals surface area contributed by atoms with Gasteiger partial charge in [-0.15, -0.1) is 0 Å². The predicted octanol–water partition coefficient (Wildman–Crippen LogP) is 3.09. The third-order valence-electron chi connectivity index (χ3n) is 2.23. The molecule has 0 aliphatic heterocycles. The van der Waals surface area contributed by atoms with Crippen LogP contribution in [0, 0.1) is 0 Å². The molecule has 0 unspecified atom stereocenters. The molecule has 1 aromatic carbocycles. The molecule has 0 aliphatic rings. The molecule has 20 heavy (non-hydrogen) atoms. The van der Waals surface area contributed by atoms with Crippen molar-refractivity contribution in [3.05, 3.63) is 46.1 Å². The highest BCUT2D eigenvalue weighted by Crippen LogP contribution is 2.26. The number of nitrogens with one attached hydrogen (secondary N) is 1. The number of sulfonamides is 1. The summed E-state index contributed by atoms with van der Waals surface area (Å²) in [7, 11) is -4.04. The van der Waals surface area contributed by atoms with Crippen LogP contribution in [0.2, 0.25) is 10.0 Å². The highest BCUT2D eigenvalue weighted by molar-refractivity contribution is 7.92. The van der Waals surface area contributed by atoms with E-state index in [-0.39, 0.29) is 15.7 Å². The van der Waals surface area contributed by atoms with E-state index in [1.165, 1.54) is 18.2 Å². The first kappa shape index (κ1) is 14.7. The topological polar surface area (TPSA) is 96.6 Å². The van der Waals surface area contributed by atoms with Crippen LogP contribution < -0.4 is 4.72 Å². The molecule has 2 aromatic rings. The summed E-state index contributed by atoms with van der Waals surface area (Å²) in [5.41, 5.74) is 0.174. The molecule has 106 valence electrons. The van der Waals surface area contributed by atoms with Gasteiger partial charge in [-0.3, -0.25) is 4.72 Å². The van der Waals surface area contributed by atoms with E-state index < -0.39 is 26.8 Å². The van der Waals surface area contributed by atoms with Crippen molar-refractivity contribution in [1.82, 2.24) is 0 Å². The van der Waals surface area contributed by atoms with E-state index in [9.17, 15) is 13.2 Å². The Labute approximate surface area is 124 Å². The summed E-state index contributed by atoms with van der Waals surface area (Å²) in [6.45, 7) is 0. The van der Waals surface area contributed by atoms with Crippen molar-refractivity contribution in [1.29, 1.82) is 0 Å². The van der Waals surface area contributed by atoms with Crippen molar-refractivity contribution in [2.75, 3.05) is 4.72 Å². The van der Waals surface area contributed by atoms with Crippen LogP contribution in [-0.4, -0.2) is 19.5 Å². The first-order chi connectivity index (χ1) is 9.29. The van der Waals surface area contributed by atoms with Gasteiger partial charge < -0.3 is 9.52 Å². The van der Waals surface area contributed by atoms with E-state index in [1.807, 2.05) is 0 Å². The fraction of sp³-hybridized carbons (Fsp3) is 0. The molecule has 0 amide bonds. The minimum atomic E-state index is -4.04. The SMILES string of the molecule is O=C(O)c1ccc(S(=O)(=O)Nc2ccc(Cl)c(Cl)c2)o1. The zero-order valence-corrected chi connectivity index (χ0v) is 12.0. The maximum atomic E-state index is 12.0. The number of hydrogen-bond donors (Lipinski definition) is 2. The van der Waals surface area contributed by atoms with Crippen molar-refractivity contribution in [2.45, 2.75) is 5.09 Å². The smallest absolute Gasteiger partial charge is 0.371 e. The first-order valence-corrected chi connectivity index (χ1v) is 7.34. The molecule has 0 bridgehead atoms. The Morgan fingerprint density at radius 1 is 1.15 bits per heavy atom. The van der Waals surface area contributed by atoms with Gasteiger partial charge in [0.1, 0.15) is 0 Å². The summed E-state index contributed by atoms with van der Waals surface area (Å²) in [5.74, 6) is -1.83. The monoisotopic (exact) mass is 335 g/mol. The lowest BCUT2D eigenvalue weighted by Crippen LogP contribution is -2.12. The molecule has 2 rings (SSSR count). The van der Waals surface area contributed by atoms with Crippen LogP contribution in [0.15, 0.2) is 39.8 Å². The van der Waals surface area contributed by atoms with Crippen LogP contribution in [0.3, 0.4) is 0 Å². The zero-order chi connectivity index (χ0) is 14.9. The Hall–Kier alpha value is -1.70. The van der Waals surface area contributed by atoms with Crippen molar-refractivity contribution in [2.24, 2.45) is 0 Å². The summed E-state index contributed by atoms with van der Waals surface area (Å²) in [6, 6.07) is 6.25. The average molecular weight is 336 g/mol. The maximum Gasteiger partial charge on any atom is 0.371 e. The molecule has 0 radical (unpaired) electrons. The molecule has 0 spiro atoms. The van der Waals surface area contributed by atoms with Gasteiger partial charge in [0, 0.05) is 0 Å². The molecular weight excluding hydrogens is 329 g/mol. The fourth-order valence-corrected chi connectivity index (χ4v) is 2.63. The lowest BCUT2D eigenvalue weighted by atomic mass is 10.3. The molecule has 0 atom stereocenters. The van der Waals surface area contributed by atoms with Crippen molar-refractivity contribution in [3.63, 3.8) is 0 Å². The van der Waals surface area contributed by atoms with Gasteiger partial charge >= 0.3 is 5.97 Å². The molecule has 0 fully saturated rings. The second kappa shape index (κ2) is 5.35. The normalized spacial score (nSPS) is 11.3. The second-order valence-electron chi connectivity index (χ2n) is 3.66. The number of aromatic carboxylic acids is 1. The van der Waals surface area contributed by atoms with E-state index in [2.05, 4.69) is 4.72 Å². The number of carboxylic acid groups (broad SMARTS) is 1. The molecular formula is C11H7Cl2NO5S. The number of halogens is 2. The Morgan fingerprint density at radius 2 is 1.85 bits per heavy atom.